The molecule has 0 bridgehead atoms. The molecule has 0 aliphatic carbocycles. The average Bonchev–Trinajstić information content (AvgIpc) is 2.54. The fraction of sp³-hybridized carbons (Fsp3) is 0.222. The van der Waals surface area contributed by atoms with E-state index in [2.05, 4.69) is 5.10 Å². The van der Waals surface area contributed by atoms with Crippen LogP contribution < -0.4 is 5.69 Å². The maximum Gasteiger partial charge on any atom is 0.350 e. The molecule has 2 aromatic heterocycles. The van der Waals surface area contributed by atoms with E-state index in [9.17, 15) is 9.59 Å². The van der Waals surface area contributed by atoms with Crippen LogP contribution in [0.5, 0.6) is 0 Å². The van der Waals surface area contributed by atoms with Gasteiger partial charge in [-0.1, -0.05) is 6.07 Å². The summed E-state index contributed by atoms with van der Waals surface area (Å²) in [5.41, 5.74) is 0.208. The Morgan fingerprint density at radius 1 is 1.47 bits per heavy atom. The summed E-state index contributed by atoms with van der Waals surface area (Å²) in [7, 11) is 0. The smallest absolute Gasteiger partial charge is 0.350 e. The van der Waals surface area contributed by atoms with Crippen molar-refractivity contribution < 1.29 is 9.90 Å². The zero-order chi connectivity index (χ0) is 10.8. The van der Waals surface area contributed by atoms with Gasteiger partial charge >= 0.3 is 11.7 Å². The van der Waals surface area contributed by atoms with Gasteiger partial charge in [0.25, 0.3) is 0 Å². The zero-order valence-corrected chi connectivity index (χ0v) is 7.83. The first-order valence-corrected chi connectivity index (χ1v) is 4.44. The van der Waals surface area contributed by atoms with Crippen LogP contribution in [0.2, 0.25) is 0 Å². The number of hydrogen-bond acceptors (Lipinski definition) is 3. The van der Waals surface area contributed by atoms with E-state index in [-0.39, 0.29) is 18.7 Å². The monoisotopic (exact) mass is 207 g/mol. The maximum atomic E-state index is 11.6. The molecule has 0 radical (unpaired) electrons. The molecule has 78 valence electrons. The summed E-state index contributed by atoms with van der Waals surface area (Å²) in [4.78, 5) is 22.0. The van der Waals surface area contributed by atoms with Gasteiger partial charge in [-0.3, -0.25) is 9.20 Å². The summed E-state index contributed by atoms with van der Waals surface area (Å²) in [6.07, 6.45) is 1.49. The SMILES string of the molecule is O=C(O)CCn1nc2ccccn2c1=O. The lowest BCUT2D eigenvalue weighted by molar-refractivity contribution is -0.137. The molecule has 0 aliphatic rings. The number of carboxylic acid groups (broad SMARTS) is 1. The molecule has 2 heterocycles. The standard InChI is InChI=1S/C9H9N3O3/c13-8(14)4-6-12-9(15)11-5-2-1-3-7(11)10-12/h1-3,5H,4,6H2,(H,13,14). The Morgan fingerprint density at radius 2 is 2.27 bits per heavy atom. The lowest BCUT2D eigenvalue weighted by Crippen LogP contribution is -2.22. The molecule has 1 N–H and O–H groups in total. The molecular formula is C9H9N3O3. The topological polar surface area (TPSA) is 76.6 Å². The van der Waals surface area contributed by atoms with Crippen LogP contribution in [0.15, 0.2) is 29.2 Å². The average molecular weight is 207 g/mol. The normalized spacial score (nSPS) is 10.7. The summed E-state index contributed by atoms with van der Waals surface area (Å²) in [5.74, 6) is -0.945. The minimum Gasteiger partial charge on any atom is -0.481 e. The van der Waals surface area contributed by atoms with Gasteiger partial charge in [0, 0.05) is 6.20 Å². The summed E-state index contributed by atoms with van der Waals surface area (Å²) >= 11 is 0. The van der Waals surface area contributed by atoms with Gasteiger partial charge in [-0.15, -0.1) is 5.10 Å². The first-order valence-electron chi connectivity index (χ1n) is 4.44. The van der Waals surface area contributed by atoms with Crippen LogP contribution in [0.3, 0.4) is 0 Å². The Hall–Kier alpha value is -2.11. The van der Waals surface area contributed by atoms with Crippen LogP contribution in [0.4, 0.5) is 0 Å². The number of pyridine rings is 1. The van der Waals surface area contributed by atoms with Gasteiger partial charge < -0.3 is 5.11 Å². The second-order valence-corrected chi connectivity index (χ2v) is 3.08. The van der Waals surface area contributed by atoms with E-state index < -0.39 is 5.97 Å². The van der Waals surface area contributed by atoms with Gasteiger partial charge in [0.15, 0.2) is 5.65 Å². The predicted molar refractivity (Wildman–Crippen MR) is 51.7 cm³/mol. The molecule has 0 fully saturated rings. The second-order valence-electron chi connectivity index (χ2n) is 3.08. The quantitative estimate of drug-likeness (QED) is 0.766. The number of fused-ring (bicyclic) bond motifs is 1. The third-order valence-electron chi connectivity index (χ3n) is 2.03. The fourth-order valence-corrected chi connectivity index (χ4v) is 1.32. The first-order chi connectivity index (χ1) is 7.18. The molecule has 6 nitrogen and oxygen atoms in total. The molecule has 0 unspecified atom stereocenters. The highest BCUT2D eigenvalue weighted by atomic mass is 16.4. The number of aryl methyl sites for hydroxylation is 1. The summed E-state index contributed by atoms with van der Waals surface area (Å²) in [6.45, 7) is 0.0931. The van der Waals surface area contributed by atoms with E-state index in [0.717, 1.165) is 4.68 Å². The first kappa shape index (κ1) is 9.45. The second kappa shape index (κ2) is 3.56. The number of hydrogen-bond donors (Lipinski definition) is 1. The highest BCUT2D eigenvalue weighted by Gasteiger charge is 2.06. The fourth-order valence-electron chi connectivity index (χ4n) is 1.32. The van der Waals surface area contributed by atoms with Crippen LogP contribution in [-0.2, 0) is 11.3 Å². The zero-order valence-electron chi connectivity index (χ0n) is 7.83. The van der Waals surface area contributed by atoms with E-state index in [4.69, 9.17) is 5.11 Å². The van der Waals surface area contributed by atoms with Gasteiger partial charge in [-0.2, -0.15) is 0 Å². The lowest BCUT2D eigenvalue weighted by Gasteiger charge is -1.93. The molecular weight excluding hydrogens is 198 g/mol. The van der Waals surface area contributed by atoms with Crippen molar-refractivity contribution in [1.29, 1.82) is 0 Å². The van der Waals surface area contributed by atoms with Gasteiger partial charge in [0.05, 0.1) is 13.0 Å². The number of carbonyl (C=O) groups is 1. The molecule has 0 atom stereocenters. The van der Waals surface area contributed by atoms with Crippen molar-refractivity contribution in [3.63, 3.8) is 0 Å². The number of rotatable bonds is 3. The molecule has 0 amide bonds. The van der Waals surface area contributed by atoms with E-state index in [0.29, 0.717) is 5.65 Å². The van der Waals surface area contributed by atoms with Crippen LogP contribution >= 0.6 is 0 Å². The molecule has 2 rings (SSSR count). The third-order valence-corrected chi connectivity index (χ3v) is 2.03. The molecule has 0 aromatic carbocycles. The van der Waals surface area contributed by atoms with Crippen LogP contribution in [0.25, 0.3) is 5.65 Å². The van der Waals surface area contributed by atoms with Crippen LogP contribution in [0, 0.1) is 0 Å². The van der Waals surface area contributed by atoms with Crippen molar-refractivity contribution in [2.75, 3.05) is 0 Å². The molecule has 6 heteroatoms. The Bertz CT molecular complexity index is 555. The number of aliphatic carboxylic acids is 1. The van der Waals surface area contributed by atoms with E-state index in [1.165, 1.54) is 4.40 Å². The van der Waals surface area contributed by atoms with Crippen molar-refractivity contribution in [3.05, 3.63) is 34.9 Å². The van der Waals surface area contributed by atoms with Crippen molar-refractivity contribution in [2.24, 2.45) is 0 Å². The van der Waals surface area contributed by atoms with Gasteiger partial charge in [0.1, 0.15) is 0 Å². The van der Waals surface area contributed by atoms with E-state index >= 15 is 0 Å². The number of nitrogens with zero attached hydrogens (tertiary/aromatic N) is 3. The van der Waals surface area contributed by atoms with E-state index in [1.807, 2.05) is 0 Å². The number of carboxylic acids is 1. The Balaban J connectivity index is 2.40. The van der Waals surface area contributed by atoms with Crippen molar-refractivity contribution in [2.45, 2.75) is 13.0 Å². The largest absolute Gasteiger partial charge is 0.481 e. The van der Waals surface area contributed by atoms with Gasteiger partial charge in [0.2, 0.25) is 0 Å². The van der Waals surface area contributed by atoms with E-state index in [1.54, 1.807) is 24.4 Å². The minimum absolute atomic E-state index is 0.0931. The maximum absolute atomic E-state index is 11.6. The summed E-state index contributed by atoms with van der Waals surface area (Å²) in [6, 6.07) is 5.18. The number of aromatic nitrogens is 3. The highest BCUT2D eigenvalue weighted by molar-refractivity contribution is 5.66. The highest BCUT2D eigenvalue weighted by Crippen LogP contribution is 1.95. The Labute approximate surface area is 84.4 Å². The van der Waals surface area contributed by atoms with Crippen LogP contribution in [-0.4, -0.2) is 25.3 Å². The molecule has 2 aromatic rings. The lowest BCUT2D eigenvalue weighted by atomic mass is 10.4. The van der Waals surface area contributed by atoms with Crippen molar-refractivity contribution in [3.8, 4) is 0 Å². The summed E-state index contributed by atoms with van der Waals surface area (Å²) in [5, 5.41) is 12.5. The van der Waals surface area contributed by atoms with Gasteiger partial charge in [-0.25, -0.2) is 9.48 Å². The van der Waals surface area contributed by atoms with Crippen molar-refractivity contribution >= 4 is 11.6 Å². The predicted octanol–water partition coefficient (Wildman–Crippen LogP) is -0.0293. The molecule has 0 saturated heterocycles. The molecule has 0 saturated carbocycles. The Morgan fingerprint density at radius 3 is 2.93 bits per heavy atom. The minimum atomic E-state index is -0.945. The van der Waals surface area contributed by atoms with Gasteiger partial charge in [-0.05, 0) is 12.1 Å². The third kappa shape index (κ3) is 1.74. The van der Waals surface area contributed by atoms with Crippen LogP contribution in [0.1, 0.15) is 6.42 Å². The summed E-state index contributed by atoms with van der Waals surface area (Å²) < 4.78 is 2.53. The Kier molecular flexibility index (Phi) is 2.24. The van der Waals surface area contributed by atoms with Crippen molar-refractivity contribution in [1.82, 2.24) is 14.2 Å². The molecule has 0 aliphatic heterocycles. The molecule has 0 spiro atoms. The molecule has 15 heavy (non-hydrogen) atoms.